The topological polar surface area (TPSA) is 102 Å². The Morgan fingerprint density at radius 1 is 0.885 bits per heavy atom. The van der Waals surface area contributed by atoms with Crippen molar-refractivity contribution in [3.05, 3.63) is 54.3 Å². The van der Waals surface area contributed by atoms with E-state index >= 15 is 0 Å². The molecule has 0 radical (unpaired) electrons. The lowest BCUT2D eigenvalue weighted by atomic mass is 10.3. The first-order chi connectivity index (χ1) is 12.3. The van der Waals surface area contributed by atoms with Crippen molar-refractivity contribution in [2.24, 2.45) is 0 Å². The molecule has 2 rings (SSSR count). The molecule has 0 saturated heterocycles. The Hall–Kier alpha value is -2.94. The summed E-state index contributed by atoms with van der Waals surface area (Å²) >= 11 is 0. The number of ether oxygens (including phenoxy) is 1. The monoisotopic (exact) mass is 380 g/mol. The highest BCUT2D eigenvalue weighted by molar-refractivity contribution is 7.92. The Kier molecular flexibility index (Phi) is 6.29. The molecule has 138 valence electrons. The molecular weight excluding hydrogens is 363 g/mol. The number of rotatable bonds is 7. The molecule has 0 aliphatic carbocycles. The van der Waals surface area contributed by atoms with Crippen molar-refractivity contribution < 1.29 is 27.1 Å². The first-order valence-electron chi connectivity index (χ1n) is 7.47. The van der Waals surface area contributed by atoms with Gasteiger partial charge < -0.3 is 15.4 Å². The Morgan fingerprint density at radius 3 is 1.73 bits per heavy atom. The number of sulfone groups is 1. The molecule has 2 aromatic rings. The van der Waals surface area contributed by atoms with Gasteiger partial charge >= 0.3 is 0 Å². The molecule has 26 heavy (non-hydrogen) atoms. The van der Waals surface area contributed by atoms with Gasteiger partial charge in [-0.15, -0.1) is 0 Å². The summed E-state index contributed by atoms with van der Waals surface area (Å²) in [5.41, 5.74) is 0.663. The highest BCUT2D eigenvalue weighted by Gasteiger charge is 2.21. The van der Waals surface area contributed by atoms with Crippen LogP contribution < -0.4 is 15.4 Å². The molecule has 0 spiro atoms. The van der Waals surface area contributed by atoms with Crippen LogP contribution in [0.25, 0.3) is 0 Å². The van der Waals surface area contributed by atoms with Gasteiger partial charge in [-0.25, -0.2) is 12.8 Å². The minimum Gasteiger partial charge on any atom is -0.497 e. The Bertz CT molecular complexity index is 880. The van der Waals surface area contributed by atoms with Crippen molar-refractivity contribution in [2.75, 3.05) is 29.2 Å². The normalized spacial score (nSPS) is 10.8. The summed E-state index contributed by atoms with van der Waals surface area (Å²) in [7, 11) is -2.47. The lowest BCUT2D eigenvalue weighted by molar-refractivity contribution is -0.114. The maximum atomic E-state index is 12.8. The average molecular weight is 380 g/mol. The molecule has 2 aromatic carbocycles. The van der Waals surface area contributed by atoms with Gasteiger partial charge in [-0.05, 0) is 48.5 Å². The number of carbonyl (C=O) groups is 2. The zero-order valence-electron chi connectivity index (χ0n) is 13.9. The molecule has 9 heteroatoms. The maximum absolute atomic E-state index is 12.8. The van der Waals surface area contributed by atoms with Crippen LogP contribution in [0.2, 0.25) is 0 Å². The summed E-state index contributed by atoms with van der Waals surface area (Å²) in [5, 5.41) is 4.76. The smallest absolute Gasteiger partial charge is 0.239 e. The predicted molar refractivity (Wildman–Crippen MR) is 95.3 cm³/mol. The fourth-order valence-electron chi connectivity index (χ4n) is 2.05. The van der Waals surface area contributed by atoms with Gasteiger partial charge in [-0.2, -0.15) is 0 Å². The third-order valence-corrected chi connectivity index (χ3v) is 4.61. The van der Waals surface area contributed by atoms with E-state index in [-0.39, 0.29) is 5.69 Å². The first kappa shape index (κ1) is 19.4. The third kappa shape index (κ3) is 6.17. The Morgan fingerprint density at radius 2 is 1.31 bits per heavy atom. The SMILES string of the molecule is COc1ccc(NC(=O)CS(=O)(=O)CC(=O)Nc2ccc(F)cc2)cc1. The number of carbonyl (C=O) groups excluding carboxylic acids is 2. The molecule has 0 heterocycles. The van der Waals surface area contributed by atoms with Crippen molar-refractivity contribution in [1.29, 1.82) is 0 Å². The number of amides is 2. The van der Waals surface area contributed by atoms with E-state index in [0.29, 0.717) is 11.4 Å². The van der Waals surface area contributed by atoms with Gasteiger partial charge in [0.25, 0.3) is 0 Å². The molecular formula is C17H17FN2O5S. The number of benzene rings is 2. The second kappa shape index (κ2) is 8.43. The highest BCUT2D eigenvalue weighted by Crippen LogP contribution is 2.15. The molecule has 0 aromatic heterocycles. The number of hydrogen-bond donors (Lipinski definition) is 2. The van der Waals surface area contributed by atoms with Crippen LogP contribution in [-0.4, -0.2) is 38.8 Å². The molecule has 0 aliphatic heterocycles. The second-order valence-electron chi connectivity index (χ2n) is 5.36. The van der Waals surface area contributed by atoms with Crippen LogP contribution in [-0.2, 0) is 19.4 Å². The summed E-state index contributed by atoms with van der Waals surface area (Å²) in [6.45, 7) is 0. The van der Waals surface area contributed by atoms with Crippen LogP contribution in [0.5, 0.6) is 5.75 Å². The largest absolute Gasteiger partial charge is 0.497 e. The van der Waals surface area contributed by atoms with E-state index in [9.17, 15) is 22.4 Å². The quantitative estimate of drug-likeness (QED) is 0.763. The van der Waals surface area contributed by atoms with Crippen molar-refractivity contribution in [3.63, 3.8) is 0 Å². The molecule has 2 N–H and O–H groups in total. The Balaban J connectivity index is 1.88. The molecule has 0 saturated carbocycles. The van der Waals surface area contributed by atoms with Crippen LogP contribution in [0, 0.1) is 5.82 Å². The number of methoxy groups -OCH3 is 1. The minimum absolute atomic E-state index is 0.259. The molecule has 7 nitrogen and oxygen atoms in total. The van der Waals surface area contributed by atoms with Gasteiger partial charge in [0.2, 0.25) is 11.8 Å². The van der Waals surface area contributed by atoms with Crippen LogP contribution in [0.4, 0.5) is 15.8 Å². The van der Waals surface area contributed by atoms with Crippen molar-refractivity contribution >= 4 is 33.0 Å². The van der Waals surface area contributed by atoms with Gasteiger partial charge in [-0.1, -0.05) is 0 Å². The highest BCUT2D eigenvalue weighted by atomic mass is 32.2. The van der Waals surface area contributed by atoms with Gasteiger partial charge in [0.05, 0.1) is 7.11 Å². The van der Waals surface area contributed by atoms with Gasteiger partial charge in [0, 0.05) is 11.4 Å². The zero-order valence-corrected chi connectivity index (χ0v) is 14.7. The Labute approximate surface area is 150 Å². The average Bonchev–Trinajstić information content (AvgIpc) is 2.56. The van der Waals surface area contributed by atoms with E-state index in [1.165, 1.54) is 19.2 Å². The summed E-state index contributed by atoms with van der Waals surface area (Å²) in [6.07, 6.45) is 0. The van der Waals surface area contributed by atoms with Crippen molar-refractivity contribution in [3.8, 4) is 5.75 Å². The van der Waals surface area contributed by atoms with Crippen molar-refractivity contribution in [2.45, 2.75) is 0 Å². The van der Waals surface area contributed by atoms with E-state index in [2.05, 4.69) is 10.6 Å². The summed E-state index contributed by atoms with van der Waals surface area (Å²) < 4.78 is 41.7. The fourth-order valence-corrected chi connectivity index (χ4v) is 3.10. The van der Waals surface area contributed by atoms with E-state index in [1.807, 2.05) is 0 Å². The third-order valence-electron chi connectivity index (χ3n) is 3.20. The van der Waals surface area contributed by atoms with Gasteiger partial charge in [-0.3, -0.25) is 9.59 Å². The standard InChI is InChI=1S/C17H17FN2O5S/c1-25-15-8-6-14(7-9-15)20-17(22)11-26(23,24)10-16(21)19-13-4-2-12(18)3-5-13/h2-9H,10-11H2,1H3,(H,19,21)(H,20,22). The van der Waals surface area contributed by atoms with Crippen LogP contribution in [0.3, 0.4) is 0 Å². The molecule has 0 bridgehead atoms. The molecule has 0 atom stereocenters. The maximum Gasteiger partial charge on any atom is 0.239 e. The number of hydrogen-bond acceptors (Lipinski definition) is 5. The molecule has 0 unspecified atom stereocenters. The van der Waals surface area contributed by atoms with Crippen LogP contribution in [0.15, 0.2) is 48.5 Å². The summed E-state index contributed by atoms with van der Waals surface area (Å²) in [4.78, 5) is 23.7. The molecule has 0 aliphatic rings. The van der Waals surface area contributed by atoms with E-state index in [1.54, 1.807) is 24.3 Å². The lowest BCUT2D eigenvalue weighted by Crippen LogP contribution is -2.30. The fraction of sp³-hybridized carbons (Fsp3) is 0.176. The second-order valence-corrected chi connectivity index (χ2v) is 7.43. The molecule has 0 fully saturated rings. The van der Waals surface area contributed by atoms with Crippen LogP contribution >= 0.6 is 0 Å². The minimum atomic E-state index is -3.96. The summed E-state index contributed by atoms with van der Waals surface area (Å²) in [5.74, 6) is -3.16. The van der Waals surface area contributed by atoms with E-state index in [0.717, 1.165) is 12.1 Å². The lowest BCUT2D eigenvalue weighted by Gasteiger charge is -2.08. The van der Waals surface area contributed by atoms with Crippen molar-refractivity contribution in [1.82, 2.24) is 0 Å². The predicted octanol–water partition coefficient (Wildman–Crippen LogP) is 1.83. The molecule has 2 amide bonds. The zero-order chi connectivity index (χ0) is 19.2. The number of nitrogens with one attached hydrogen (secondary N) is 2. The van der Waals surface area contributed by atoms with Gasteiger partial charge in [0.15, 0.2) is 9.84 Å². The van der Waals surface area contributed by atoms with E-state index < -0.39 is 39.0 Å². The van der Waals surface area contributed by atoms with E-state index in [4.69, 9.17) is 4.74 Å². The van der Waals surface area contributed by atoms with Gasteiger partial charge in [0.1, 0.15) is 23.1 Å². The van der Waals surface area contributed by atoms with Crippen LogP contribution in [0.1, 0.15) is 0 Å². The number of anilines is 2. The number of halogens is 1. The summed E-state index contributed by atoms with van der Waals surface area (Å²) in [6, 6.07) is 11.2. The first-order valence-corrected chi connectivity index (χ1v) is 9.29.